The van der Waals surface area contributed by atoms with Crippen molar-refractivity contribution in [3.8, 4) is 0 Å². The van der Waals surface area contributed by atoms with Crippen molar-refractivity contribution in [1.82, 2.24) is 25.9 Å². The monoisotopic (exact) mass is 734 g/mol. The second kappa shape index (κ2) is 18.2. The number of nitrogens with one attached hydrogen (secondary N) is 3. The minimum atomic E-state index is -1.02. The Labute approximate surface area is 322 Å². The number of benzene rings is 4. The van der Waals surface area contributed by atoms with E-state index in [0.717, 1.165) is 66.2 Å². The van der Waals surface area contributed by atoms with Crippen LogP contribution in [0, 0.1) is 0 Å². The quantitative estimate of drug-likeness (QED) is 0.0805. The number of aliphatic carboxylic acids is 1. The van der Waals surface area contributed by atoms with Crippen molar-refractivity contribution in [2.45, 2.75) is 82.6 Å². The summed E-state index contributed by atoms with van der Waals surface area (Å²) in [6.07, 6.45) is 11.1. The summed E-state index contributed by atoms with van der Waals surface area (Å²) in [5.74, 6) is -1.39. The molecule has 55 heavy (non-hydrogen) atoms. The van der Waals surface area contributed by atoms with E-state index in [1.54, 1.807) is 0 Å². The number of fused-ring (bicyclic) bond motifs is 4. The lowest BCUT2D eigenvalue weighted by Gasteiger charge is -2.25. The number of aromatic nitrogens is 2. The van der Waals surface area contributed by atoms with Crippen LogP contribution < -0.4 is 21.7 Å². The molecule has 0 radical (unpaired) electrons. The lowest BCUT2D eigenvalue weighted by Crippen LogP contribution is -2.41. The summed E-state index contributed by atoms with van der Waals surface area (Å²) in [5.41, 5.74) is 13.2. The third-order valence-corrected chi connectivity index (χ3v) is 11.0. The van der Waals surface area contributed by atoms with Gasteiger partial charge in [-0.15, -0.1) is 0 Å². The normalized spacial score (nSPS) is 16.7. The molecule has 6 N–H and O–H groups in total. The molecule has 2 aliphatic carbocycles. The Hall–Kier alpha value is -5.48. The van der Waals surface area contributed by atoms with Crippen molar-refractivity contribution in [1.29, 1.82) is 0 Å². The average Bonchev–Trinajstić information content (AvgIpc) is 3.23. The number of nitrogens with two attached hydrogens (primary N) is 1. The third kappa shape index (κ3) is 9.08. The zero-order chi connectivity index (χ0) is 38.0. The summed E-state index contributed by atoms with van der Waals surface area (Å²) in [5, 5.41) is 24.3. The van der Waals surface area contributed by atoms with Gasteiger partial charge in [0.2, 0.25) is 0 Å². The van der Waals surface area contributed by atoms with Crippen LogP contribution in [0.5, 0.6) is 0 Å². The van der Waals surface area contributed by atoms with Gasteiger partial charge in [-0.1, -0.05) is 84.9 Å². The molecule has 3 atom stereocenters. The van der Waals surface area contributed by atoms with Crippen molar-refractivity contribution < 1.29 is 14.7 Å². The number of hydrogen-bond acceptors (Lipinski definition) is 7. The lowest BCUT2D eigenvalue weighted by molar-refractivity contribution is -0.139. The molecule has 0 saturated heterocycles. The topological polar surface area (TPSA) is 142 Å². The first-order chi connectivity index (χ1) is 27.0. The highest BCUT2D eigenvalue weighted by Crippen LogP contribution is 2.30. The van der Waals surface area contributed by atoms with Crippen molar-refractivity contribution in [2.24, 2.45) is 5.73 Å². The van der Waals surface area contributed by atoms with Gasteiger partial charge in [-0.25, -0.2) is 4.79 Å². The average molecular weight is 735 g/mol. The fraction of sp³-hybridized carbons (Fsp3) is 0.304. The van der Waals surface area contributed by atoms with Crippen molar-refractivity contribution in [3.05, 3.63) is 155 Å². The molecule has 9 nitrogen and oxygen atoms in total. The summed E-state index contributed by atoms with van der Waals surface area (Å²) in [4.78, 5) is 34.7. The molecule has 6 aromatic rings. The van der Waals surface area contributed by atoms with Crippen molar-refractivity contribution >= 4 is 33.4 Å². The first-order valence-electron chi connectivity index (χ1n) is 19.6. The van der Waals surface area contributed by atoms with Crippen LogP contribution in [0.15, 0.2) is 116 Å². The van der Waals surface area contributed by atoms with E-state index in [1.165, 1.54) is 27.5 Å². The van der Waals surface area contributed by atoms with Gasteiger partial charge >= 0.3 is 5.97 Å². The Bertz CT molecular complexity index is 2250. The molecule has 2 aliphatic rings. The predicted molar refractivity (Wildman–Crippen MR) is 219 cm³/mol. The number of carbonyl (C=O) groups is 2. The number of nitrogens with zero attached hydrogens (tertiary/aromatic N) is 2. The van der Waals surface area contributed by atoms with Gasteiger partial charge in [0.05, 0.1) is 17.4 Å². The third-order valence-electron chi connectivity index (χ3n) is 11.0. The molecule has 2 aromatic heterocycles. The number of amides is 1. The van der Waals surface area contributed by atoms with Crippen LogP contribution in [0.25, 0.3) is 21.5 Å². The lowest BCUT2D eigenvalue weighted by atomic mass is 9.91. The van der Waals surface area contributed by atoms with Gasteiger partial charge in [0, 0.05) is 37.1 Å². The largest absolute Gasteiger partial charge is 0.480 e. The molecule has 8 rings (SSSR count). The van der Waals surface area contributed by atoms with Crippen LogP contribution >= 0.6 is 0 Å². The van der Waals surface area contributed by atoms with Crippen molar-refractivity contribution in [2.75, 3.05) is 6.54 Å². The highest BCUT2D eigenvalue weighted by molar-refractivity contribution is 6.08. The van der Waals surface area contributed by atoms with Gasteiger partial charge in [0.15, 0.2) is 0 Å². The van der Waals surface area contributed by atoms with Crippen LogP contribution in [0.3, 0.4) is 0 Å². The van der Waals surface area contributed by atoms with E-state index in [-0.39, 0.29) is 18.0 Å². The van der Waals surface area contributed by atoms with Gasteiger partial charge in [-0.2, -0.15) is 0 Å². The minimum absolute atomic E-state index is 0.186. The number of aryl methyl sites for hydroxylation is 2. The fourth-order valence-corrected chi connectivity index (χ4v) is 8.11. The van der Waals surface area contributed by atoms with E-state index in [4.69, 9.17) is 5.73 Å². The molecule has 0 spiro atoms. The van der Waals surface area contributed by atoms with E-state index >= 15 is 0 Å². The van der Waals surface area contributed by atoms with E-state index < -0.39 is 12.0 Å². The first-order valence-corrected chi connectivity index (χ1v) is 19.6. The van der Waals surface area contributed by atoms with E-state index in [0.29, 0.717) is 38.0 Å². The minimum Gasteiger partial charge on any atom is -0.480 e. The fourth-order valence-electron chi connectivity index (χ4n) is 8.11. The molecule has 0 aliphatic heterocycles. The van der Waals surface area contributed by atoms with E-state index in [9.17, 15) is 14.7 Å². The van der Waals surface area contributed by atoms with Gasteiger partial charge < -0.3 is 26.8 Å². The summed E-state index contributed by atoms with van der Waals surface area (Å²) in [7, 11) is 0. The second-order valence-electron chi connectivity index (χ2n) is 14.5. The maximum atomic E-state index is 13.4. The molecular formula is C46H50N6O3. The van der Waals surface area contributed by atoms with Crippen LogP contribution in [0.2, 0.25) is 0 Å². The number of carboxylic acids is 1. The highest BCUT2D eigenvalue weighted by atomic mass is 16.4. The molecule has 9 heteroatoms. The predicted octanol–water partition coefficient (Wildman–Crippen LogP) is 7.73. The summed E-state index contributed by atoms with van der Waals surface area (Å²) < 4.78 is 0. The smallest absolute Gasteiger partial charge is 0.326 e. The van der Waals surface area contributed by atoms with Gasteiger partial charge in [0.1, 0.15) is 6.04 Å². The summed E-state index contributed by atoms with van der Waals surface area (Å²) >= 11 is 0. The molecule has 0 fully saturated rings. The Kier molecular flexibility index (Phi) is 12.5. The SMILES string of the molecule is NCc1cccc2ccccc12.O=C(N[C@@H](CCCNC1CCCc2cccnc21)C(=O)O)c1ccc(CNC2CCCc3cccnc32)c2ccccc12. The maximum absolute atomic E-state index is 13.4. The number of hydrogen-bond donors (Lipinski definition) is 5. The number of carboxylic acid groups (broad SMARTS) is 1. The maximum Gasteiger partial charge on any atom is 0.326 e. The molecular weight excluding hydrogens is 685 g/mol. The van der Waals surface area contributed by atoms with E-state index in [1.807, 2.05) is 79.1 Å². The van der Waals surface area contributed by atoms with Crippen LogP contribution in [-0.4, -0.2) is 39.5 Å². The Morgan fingerprint density at radius 1 is 0.709 bits per heavy atom. The van der Waals surface area contributed by atoms with Gasteiger partial charge in [0.25, 0.3) is 5.91 Å². The van der Waals surface area contributed by atoms with E-state index in [2.05, 4.69) is 62.3 Å². The summed E-state index contributed by atoms with van der Waals surface area (Å²) in [6, 6.07) is 33.8. The molecule has 282 valence electrons. The molecule has 1 amide bonds. The second-order valence-corrected chi connectivity index (χ2v) is 14.5. The van der Waals surface area contributed by atoms with Crippen molar-refractivity contribution in [3.63, 3.8) is 0 Å². The Morgan fingerprint density at radius 3 is 2.04 bits per heavy atom. The van der Waals surface area contributed by atoms with Gasteiger partial charge in [-0.05, 0) is 120 Å². The molecule has 2 unspecified atom stereocenters. The van der Waals surface area contributed by atoms with Crippen LogP contribution in [0.4, 0.5) is 0 Å². The zero-order valence-corrected chi connectivity index (χ0v) is 31.2. The number of rotatable bonds is 12. The Balaban J connectivity index is 0.000000328. The first kappa shape index (κ1) is 37.8. The molecule has 0 bridgehead atoms. The molecule has 2 heterocycles. The molecule has 4 aromatic carbocycles. The summed E-state index contributed by atoms with van der Waals surface area (Å²) in [6.45, 7) is 1.92. The van der Waals surface area contributed by atoms with Crippen LogP contribution in [0.1, 0.15) is 94.6 Å². The molecule has 0 saturated carbocycles. The highest BCUT2D eigenvalue weighted by Gasteiger charge is 2.25. The van der Waals surface area contributed by atoms with Crippen LogP contribution in [-0.2, 0) is 30.7 Å². The number of carbonyl (C=O) groups excluding carboxylic acids is 1. The number of pyridine rings is 2. The van der Waals surface area contributed by atoms with Gasteiger partial charge in [-0.3, -0.25) is 14.8 Å². The standard InChI is InChI=1S/C35H39N5O3.C11H11N/c41-34(40-31(35(42)43)16-7-19-36-29-14-3-8-23-10-5-20-37-32(23)29)28-18-17-25(26-12-1-2-13-27(26)28)22-39-30-15-4-9-24-11-6-21-38-33(24)30;12-8-10-6-3-5-9-4-1-2-7-11(9)10/h1-2,5-6,10-13,17-18,20-21,29-31,36,39H,3-4,7-9,14-16,19,22H2,(H,40,41)(H,42,43);1-7H,8,12H2/t29?,30?,31-;/m0./s1. The zero-order valence-electron chi connectivity index (χ0n) is 31.2. The Morgan fingerprint density at radius 2 is 1.35 bits per heavy atom.